The number of fused-ring (bicyclic) bond motifs is 1. The minimum absolute atomic E-state index is 0.433. The number of rotatable bonds is 2. The van der Waals surface area contributed by atoms with E-state index < -0.39 is 0 Å². The lowest BCUT2D eigenvalue weighted by Crippen LogP contribution is -2.00. The van der Waals surface area contributed by atoms with Gasteiger partial charge in [0.05, 0.1) is 17.4 Å². The zero-order valence-corrected chi connectivity index (χ0v) is 9.73. The molecule has 0 radical (unpaired) electrons. The van der Waals surface area contributed by atoms with Gasteiger partial charge in [-0.3, -0.25) is 4.98 Å². The van der Waals surface area contributed by atoms with Crippen LogP contribution < -0.4 is 0 Å². The summed E-state index contributed by atoms with van der Waals surface area (Å²) in [4.78, 5) is 4.46. The maximum absolute atomic E-state index is 4.46. The first-order valence-corrected chi connectivity index (χ1v) is 5.43. The highest BCUT2D eigenvalue weighted by molar-refractivity contribution is 5.59. The first-order chi connectivity index (χ1) is 7.11. The van der Waals surface area contributed by atoms with Gasteiger partial charge in [0.2, 0.25) is 0 Å². The van der Waals surface area contributed by atoms with Crippen LogP contribution in [-0.2, 0) is 0 Å². The summed E-state index contributed by atoms with van der Waals surface area (Å²) in [6, 6.07) is 0. The molecule has 15 heavy (non-hydrogen) atoms. The van der Waals surface area contributed by atoms with E-state index >= 15 is 0 Å². The van der Waals surface area contributed by atoms with E-state index in [1.807, 2.05) is 23.1 Å². The molecule has 80 valence electrons. The van der Waals surface area contributed by atoms with Crippen LogP contribution in [0.2, 0.25) is 0 Å². The van der Waals surface area contributed by atoms with Crippen LogP contribution in [0.25, 0.3) is 5.52 Å². The zero-order chi connectivity index (χ0) is 11.0. The van der Waals surface area contributed by atoms with Gasteiger partial charge < -0.3 is 0 Å². The number of aromatic nitrogens is 3. The molecule has 0 spiro atoms. The lowest BCUT2D eigenvalue weighted by atomic mass is 10.0. The number of hydrogen-bond acceptors (Lipinski definition) is 2. The fourth-order valence-electron chi connectivity index (χ4n) is 1.84. The molecule has 0 saturated carbocycles. The quantitative estimate of drug-likeness (QED) is 0.751. The predicted octanol–water partition coefficient (Wildman–Crippen LogP) is 2.98. The van der Waals surface area contributed by atoms with Crippen LogP contribution in [0.5, 0.6) is 0 Å². The normalized spacial score (nSPS) is 11.9. The molecule has 3 nitrogen and oxygen atoms in total. The van der Waals surface area contributed by atoms with Gasteiger partial charge in [0.25, 0.3) is 0 Å². The highest BCUT2D eigenvalue weighted by Gasteiger charge is 2.14. The Kier molecular flexibility index (Phi) is 2.47. The molecule has 0 amide bonds. The minimum Gasteiger partial charge on any atom is -0.257 e. The highest BCUT2D eigenvalue weighted by Crippen LogP contribution is 2.25. The van der Waals surface area contributed by atoms with Gasteiger partial charge in [-0.1, -0.05) is 27.7 Å². The summed E-state index contributed by atoms with van der Waals surface area (Å²) in [6.07, 6.45) is 5.68. The minimum atomic E-state index is 0.433. The topological polar surface area (TPSA) is 30.2 Å². The summed E-state index contributed by atoms with van der Waals surface area (Å²) in [5.41, 5.74) is 3.60. The van der Waals surface area contributed by atoms with Crippen LogP contribution in [0.4, 0.5) is 0 Å². The Hall–Kier alpha value is -1.38. The summed E-state index contributed by atoms with van der Waals surface area (Å²) in [5, 5.41) is 4.36. The molecule has 2 aromatic heterocycles. The van der Waals surface area contributed by atoms with Crippen LogP contribution in [-0.4, -0.2) is 14.6 Å². The molecule has 2 aromatic rings. The van der Waals surface area contributed by atoms with E-state index in [-0.39, 0.29) is 0 Å². The molecule has 0 aliphatic heterocycles. The van der Waals surface area contributed by atoms with Gasteiger partial charge in [0.15, 0.2) is 0 Å². The molecule has 3 heteroatoms. The van der Waals surface area contributed by atoms with Crippen molar-refractivity contribution in [1.82, 2.24) is 14.6 Å². The third-order valence-corrected chi connectivity index (χ3v) is 2.66. The van der Waals surface area contributed by atoms with Gasteiger partial charge in [-0.15, -0.1) is 0 Å². The van der Waals surface area contributed by atoms with Crippen LogP contribution in [0.3, 0.4) is 0 Å². The monoisotopic (exact) mass is 203 g/mol. The summed E-state index contributed by atoms with van der Waals surface area (Å²) >= 11 is 0. The van der Waals surface area contributed by atoms with Crippen molar-refractivity contribution >= 4 is 5.52 Å². The fraction of sp³-hybridized carbons (Fsp3) is 0.500. The average molecular weight is 203 g/mol. The van der Waals surface area contributed by atoms with Crippen molar-refractivity contribution in [2.24, 2.45) is 0 Å². The summed E-state index contributed by atoms with van der Waals surface area (Å²) in [6.45, 7) is 8.71. The summed E-state index contributed by atoms with van der Waals surface area (Å²) < 4.78 is 1.93. The predicted molar refractivity (Wildman–Crippen MR) is 61.2 cm³/mol. The maximum Gasteiger partial charge on any atom is 0.0914 e. The van der Waals surface area contributed by atoms with E-state index in [4.69, 9.17) is 0 Å². The molecule has 0 atom stereocenters. The molecule has 0 aromatic carbocycles. The summed E-state index contributed by atoms with van der Waals surface area (Å²) in [5.74, 6) is 0.923. The van der Waals surface area contributed by atoms with E-state index in [9.17, 15) is 0 Å². The van der Waals surface area contributed by atoms with Crippen LogP contribution in [0.15, 0.2) is 18.6 Å². The zero-order valence-electron chi connectivity index (χ0n) is 9.73. The second-order valence-electron chi connectivity index (χ2n) is 4.51. The van der Waals surface area contributed by atoms with Crippen molar-refractivity contribution in [2.45, 2.75) is 39.5 Å². The van der Waals surface area contributed by atoms with E-state index in [1.165, 1.54) is 11.1 Å². The average Bonchev–Trinajstić information content (AvgIpc) is 2.60. The van der Waals surface area contributed by atoms with Crippen molar-refractivity contribution < 1.29 is 0 Å². The largest absolute Gasteiger partial charge is 0.257 e. The van der Waals surface area contributed by atoms with E-state index in [1.54, 1.807) is 0 Å². The molecule has 0 N–H and O–H groups in total. The SMILES string of the molecule is CC(C)c1cnn2ccnc(C(C)C)c12. The Morgan fingerprint density at radius 3 is 2.47 bits per heavy atom. The molecule has 2 rings (SSSR count). The number of nitrogens with zero attached hydrogens (tertiary/aromatic N) is 3. The molecular weight excluding hydrogens is 186 g/mol. The van der Waals surface area contributed by atoms with Crippen molar-refractivity contribution in [3.8, 4) is 0 Å². The van der Waals surface area contributed by atoms with Crippen molar-refractivity contribution in [3.63, 3.8) is 0 Å². The van der Waals surface area contributed by atoms with Gasteiger partial charge in [-0.2, -0.15) is 5.10 Å². The molecule has 0 saturated heterocycles. The number of hydrogen-bond donors (Lipinski definition) is 0. The lowest BCUT2D eigenvalue weighted by Gasteiger charge is -2.09. The van der Waals surface area contributed by atoms with Crippen molar-refractivity contribution in [3.05, 3.63) is 29.8 Å². The second-order valence-corrected chi connectivity index (χ2v) is 4.51. The van der Waals surface area contributed by atoms with Crippen LogP contribution in [0, 0.1) is 0 Å². The molecule has 0 unspecified atom stereocenters. The van der Waals surface area contributed by atoms with Gasteiger partial charge >= 0.3 is 0 Å². The standard InChI is InChI=1S/C12H17N3/c1-8(2)10-7-14-15-6-5-13-11(9(3)4)12(10)15/h5-9H,1-4H3. The molecule has 0 aliphatic rings. The van der Waals surface area contributed by atoms with Crippen molar-refractivity contribution in [2.75, 3.05) is 0 Å². The molecule has 0 fully saturated rings. The van der Waals surface area contributed by atoms with Crippen molar-refractivity contribution in [1.29, 1.82) is 0 Å². The molecule has 2 heterocycles. The first kappa shape index (κ1) is 10.1. The third-order valence-electron chi connectivity index (χ3n) is 2.66. The summed E-state index contributed by atoms with van der Waals surface area (Å²) in [7, 11) is 0. The smallest absolute Gasteiger partial charge is 0.0914 e. The second kappa shape index (κ2) is 3.65. The van der Waals surface area contributed by atoms with Crippen LogP contribution in [0.1, 0.15) is 50.8 Å². The van der Waals surface area contributed by atoms with Crippen LogP contribution >= 0.6 is 0 Å². The van der Waals surface area contributed by atoms with E-state index in [0.29, 0.717) is 11.8 Å². The maximum atomic E-state index is 4.46. The van der Waals surface area contributed by atoms with E-state index in [0.717, 1.165) is 5.69 Å². The molecular formula is C12H17N3. The molecule has 0 aliphatic carbocycles. The lowest BCUT2D eigenvalue weighted by molar-refractivity contribution is 0.802. The van der Waals surface area contributed by atoms with Gasteiger partial charge in [-0.05, 0) is 11.8 Å². The Bertz CT molecular complexity index is 469. The molecule has 0 bridgehead atoms. The Balaban J connectivity index is 2.75. The Morgan fingerprint density at radius 1 is 1.13 bits per heavy atom. The van der Waals surface area contributed by atoms with E-state index in [2.05, 4.69) is 37.8 Å². The highest BCUT2D eigenvalue weighted by atomic mass is 15.2. The van der Waals surface area contributed by atoms with Gasteiger partial charge in [0.1, 0.15) is 0 Å². The van der Waals surface area contributed by atoms with Gasteiger partial charge in [0, 0.05) is 18.0 Å². The van der Waals surface area contributed by atoms with Gasteiger partial charge in [-0.25, -0.2) is 4.52 Å². The Labute approximate surface area is 90.1 Å². The fourth-order valence-corrected chi connectivity index (χ4v) is 1.84. The Morgan fingerprint density at radius 2 is 1.87 bits per heavy atom. The third kappa shape index (κ3) is 1.62. The first-order valence-electron chi connectivity index (χ1n) is 5.43.